The van der Waals surface area contributed by atoms with Crippen molar-refractivity contribution in [3.05, 3.63) is 48.4 Å². The monoisotopic (exact) mass is 251 g/mol. The zero-order valence-corrected chi connectivity index (χ0v) is 10.2. The molecule has 0 atom stereocenters. The lowest BCUT2D eigenvalue weighted by atomic mass is 10.3. The van der Waals surface area contributed by atoms with Crippen molar-refractivity contribution in [2.45, 2.75) is 11.4 Å². The zero-order valence-electron chi connectivity index (χ0n) is 9.38. The van der Waals surface area contributed by atoms with Crippen LogP contribution in [0.1, 0.15) is 5.56 Å². The van der Waals surface area contributed by atoms with E-state index in [1.807, 2.05) is 12.1 Å². The fourth-order valence-corrected chi connectivity index (χ4v) is 2.10. The van der Waals surface area contributed by atoms with Crippen molar-refractivity contribution < 1.29 is 12.8 Å². The maximum absolute atomic E-state index is 11.4. The van der Waals surface area contributed by atoms with Gasteiger partial charge in [0.25, 0.3) is 0 Å². The molecule has 2 aromatic rings. The van der Waals surface area contributed by atoms with E-state index in [1.165, 1.54) is 6.26 Å². The van der Waals surface area contributed by atoms with E-state index in [1.54, 1.807) is 30.7 Å². The van der Waals surface area contributed by atoms with Crippen LogP contribution in [0.3, 0.4) is 0 Å². The molecule has 0 aliphatic heterocycles. The summed E-state index contributed by atoms with van der Waals surface area (Å²) < 4.78 is 27.7. The van der Waals surface area contributed by atoms with E-state index in [2.05, 4.69) is 5.32 Å². The Morgan fingerprint density at radius 1 is 1.29 bits per heavy atom. The Kier molecular flexibility index (Phi) is 3.19. The van der Waals surface area contributed by atoms with Gasteiger partial charge in [0, 0.05) is 24.1 Å². The van der Waals surface area contributed by atoms with Crippen molar-refractivity contribution in [2.75, 3.05) is 11.6 Å². The number of nitrogens with one attached hydrogen (secondary N) is 1. The summed E-state index contributed by atoms with van der Waals surface area (Å²) in [7, 11) is -3.16. The molecule has 2 rings (SSSR count). The Morgan fingerprint density at radius 2 is 2.12 bits per heavy atom. The number of rotatable bonds is 4. The van der Waals surface area contributed by atoms with Gasteiger partial charge in [0.15, 0.2) is 9.84 Å². The summed E-state index contributed by atoms with van der Waals surface area (Å²) in [5, 5.41) is 3.14. The maximum Gasteiger partial charge on any atom is 0.175 e. The molecule has 0 radical (unpaired) electrons. The first-order valence-electron chi connectivity index (χ1n) is 5.11. The molecule has 90 valence electrons. The topological polar surface area (TPSA) is 59.3 Å². The van der Waals surface area contributed by atoms with Gasteiger partial charge in [0.05, 0.1) is 17.4 Å². The molecular formula is C12H13NO3S. The number of benzene rings is 1. The van der Waals surface area contributed by atoms with E-state index in [0.29, 0.717) is 11.4 Å². The third-order valence-electron chi connectivity index (χ3n) is 2.34. The fourth-order valence-electron chi connectivity index (χ4n) is 1.43. The molecule has 0 fully saturated rings. The molecule has 0 unspecified atom stereocenters. The summed E-state index contributed by atoms with van der Waals surface area (Å²) in [6.45, 7) is 0.601. The average molecular weight is 251 g/mol. The van der Waals surface area contributed by atoms with Gasteiger partial charge in [-0.2, -0.15) is 0 Å². The summed E-state index contributed by atoms with van der Waals surface area (Å²) in [6.07, 6.45) is 4.44. The summed E-state index contributed by atoms with van der Waals surface area (Å²) in [4.78, 5) is 0.315. The average Bonchev–Trinajstić information content (AvgIpc) is 2.78. The van der Waals surface area contributed by atoms with E-state index >= 15 is 0 Å². The van der Waals surface area contributed by atoms with Gasteiger partial charge >= 0.3 is 0 Å². The van der Waals surface area contributed by atoms with E-state index in [-0.39, 0.29) is 0 Å². The lowest BCUT2D eigenvalue weighted by Crippen LogP contribution is -2.01. The molecular weight excluding hydrogens is 238 g/mol. The van der Waals surface area contributed by atoms with Gasteiger partial charge in [-0.3, -0.25) is 0 Å². The molecule has 1 aromatic heterocycles. The number of anilines is 1. The van der Waals surface area contributed by atoms with Crippen LogP contribution in [0.5, 0.6) is 0 Å². The second-order valence-electron chi connectivity index (χ2n) is 3.79. The summed E-state index contributed by atoms with van der Waals surface area (Å²) in [6, 6.07) is 8.60. The minimum absolute atomic E-state index is 0.315. The molecule has 5 heteroatoms. The molecule has 17 heavy (non-hydrogen) atoms. The number of sulfone groups is 1. The highest BCUT2D eigenvalue weighted by Crippen LogP contribution is 2.16. The van der Waals surface area contributed by atoms with Crippen LogP contribution in [-0.4, -0.2) is 14.7 Å². The molecule has 0 aliphatic rings. The molecule has 1 aromatic carbocycles. The SMILES string of the molecule is CS(=O)(=O)c1cccc(NCc2ccoc2)c1. The molecule has 0 spiro atoms. The van der Waals surface area contributed by atoms with Gasteiger partial charge in [-0.15, -0.1) is 0 Å². The van der Waals surface area contributed by atoms with Crippen LogP contribution in [0.4, 0.5) is 5.69 Å². The Balaban J connectivity index is 2.12. The molecule has 0 saturated carbocycles. The minimum Gasteiger partial charge on any atom is -0.472 e. The lowest BCUT2D eigenvalue weighted by Gasteiger charge is -2.06. The minimum atomic E-state index is -3.16. The predicted molar refractivity (Wildman–Crippen MR) is 65.6 cm³/mol. The molecule has 0 amide bonds. The van der Waals surface area contributed by atoms with Crippen LogP contribution < -0.4 is 5.32 Å². The standard InChI is InChI=1S/C12H13NO3S/c1-17(14,15)12-4-2-3-11(7-12)13-8-10-5-6-16-9-10/h2-7,9,13H,8H2,1H3. The van der Waals surface area contributed by atoms with E-state index in [9.17, 15) is 8.42 Å². The Hall–Kier alpha value is -1.75. The van der Waals surface area contributed by atoms with Crippen LogP contribution in [-0.2, 0) is 16.4 Å². The smallest absolute Gasteiger partial charge is 0.175 e. The highest BCUT2D eigenvalue weighted by Gasteiger charge is 2.06. The number of furan rings is 1. The zero-order chi connectivity index (χ0) is 12.3. The molecule has 0 saturated heterocycles. The summed E-state index contributed by atoms with van der Waals surface area (Å²) in [5.74, 6) is 0. The van der Waals surface area contributed by atoms with E-state index < -0.39 is 9.84 Å². The molecule has 0 bridgehead atoms. The van der Waals surface area contributed by atoms with Gasteiger partial charge in [0.2, 0.25) is 0 Å². The van der Waals surface area contributed by atoms with Crippen molar-refractivity contribution >= 4 is 15.5 Å². The molecule has 0 aliphatic carbocycles. The van der Waals surface area contributed by atoms with E-state index in [4.69, 9.17) is 4.42 Å². The van der Waals surface area contributed by atoms with Crippen molar-refractivity contribution in [1.29, 1.82) is 0 Å². The first-order valence-corrected chi connectivity index (χ1v) is 7.00. The quantitative estimate of drug-likeness (QED) is 0.905. The highest BCUT2D eigenvalue weighted by atomic mass is 32.2. The van der Waals surface area contributed by atoms with Gasteiger partial charge in [-0.25, -0.2) is 8.42 Å². The Morgan fingerprint density at radius 3 is 2.76 bits per heavy atom. The second-order valence-corrected chi connectivity index (χ2v) is 5.80. The van der Waals surface area contributed by atoms with Crippen LogP contribution in [0.15, 0.2) is 52.2 Å². The van der Waals surface area contributed by atoms with E-state index in [0.717, 1.165) is 11.3 Å². The Labute approximate surface area is 100 Å². The van der Waals surface area contributed by atoms with Gasteiger partial charge in [0.1, 0.15) is 0 Å². The van der Waals surface area contributed by atoms with Crippen LogP contribution in [0.25, 0.3) is 0 Å². The van der Waals surface area contributed by atoms with Gasteiger partial charge in [-0.1, -0.05) is 6.07 Å². The predicted octanol–water partition coefficient (Wildman–Crippen LogP) is 2.30. The first kappa shape index (κ1) is 11.7. The second kappa shape index (κ2) is 4.63. The lowest BCUT2D eigenvalue weighted by molar-refractivity contribution is 0.564. The maximum atomic E-state index is 11.4. The normalized spacial score (nSPS) is 11.4. The number of hydrogen-bond acceptors (Lipinski definition) is 4. The molecule has 1 N–H and O–H groups in total. The summed E-state index contributed by atoms with van der Waals surface area (Å²) in [5.41, 5.74) is 1.78. The van der Waals surface area contributed by atoms with Crippen LogP contribution in [0, 0.1) is 0 Å². The number of hydrogen-bond donors (Lipinski definition) is 1. The Bertz CT molecular complexity index is 588. The van der Waals surface area contributed by atoms with Crippen molar-refractivity contribution in [2.24, 2.45) is 0 Å². The molecule has 4 nitrogen and oxygen atoms in total. The van der Waals surface area contributed by atoms with Crippen LogP contribution in [0.2, 0.25) is 0 Å². The summed E-state index contributed by atoms with van der Waals surface area (Å²) >= 11 is 0. The third kappa shape index (κ3) is 3.10. The van der Waals surface area contributed by atoms with Crippen molar-refractivity contribution in [3.8, 4) is 0 Å². The van der Waals surface area contributed by atoms with Gasteiger partial charge in [-0.05, 0) is 24.3 Å². The van der Waals surface area contributed by atoms with Crippen LogP contribution >= 0.6 is 0 Å². The fraction of sp³-hybridized carbons (Fsp3) is 0.167. The third-order valence-corrected chi connectivity index (χ3v) is 3.45. The molecule has 1 heterocycles. The van der Waals surface area contributed by atoms with Crippen molar-refractivity contribution in [1.82, 2.24) is 0 Å². The first-order chi connectivity index (χ1) is 8.05. The largest absolute Gasteiger partial charge is 0.472 e. The van der Waals surface area contributed by atoms with Crippen molar-refractivity contribution in [3.63, 3.8) is 0 Å². The highest BCUT2D eigenvalue weighted by molar-refractivity contribution is 7.90. The van der Waals surface area contributed by atoms with Gasteiger partial charge < -0.3 is 9.73 Å².